The third kappa shape index (κ3) is 4.49. The second kappa shape index (κ2) is 10.1. The molecule has 9 unspecified atom stereocenters. The first-order chi connectivity index (χ1) is 19.0. The normalized spacial score (nSPS) is 46.4. The van der Waals surface area contributed by atoms with Crippen molar-refractivity contribution in [2.24, 2.45) is 50.2 Å². The first-order valence-corrected chi connectivity index (χ1v) is 16.4. The zero-order valence-electron chi connectivity index (χ0n) is 26.7. The van der Waals surface area contributed by atoms with Gasteiger partial charge in [0.25, 0.3) is 5.97 Å². The van der Waals surface area contributed by atoms with Gasteiger partial charge in [0.15, 0.2) is 0 Å². The molecule has 5 rings (SSSR count). The fourth-order valence-corrected chi connectivity index (χ4v) is 11.6. The number of allylic oxidation sites excluding steroid dienone is 2. The zero-order chi connectivity index (χ0) is 30.2. The minimum absolute atomic E-state index is 0.00562. The summed E-state index contributed by atoms with van der Waals surface area (Å²) in [6, 6.07) is 0. The molecule has 4 fully saturated rings. The molecule has 7 heteroatoms. The highest BCUT2D eigenvalue weighted by Gasteiger charge is 2.70. The molecule has 0 spiro atoms. The first-order valence-electron chi connectivity index (χ1n) is 15.9. The Bertz CT molecular complexity index is 1150. The molecule has 5 aliphatic carbocycles. The average molecular weight is 583 g/mol. The molecule has 0 aromatic heterocycles. The maximum atomic E-state index is 13.5. The molecular weight excluding hydrogens is 531 g/mol. The van der Waals surface area contributed by atoms with Crippen LogP contribution in [0.4, 0.5) is 0 Å². The highest BCUT2D eigenvalue weighted by Crippen LogP contribution is 2.76. The molecule has 4 saturated carbocycles. The molecule has 0 heterocycles. The zero-order valence-corrected chi connectivity index (χ0v) is 27.8. The molecule has 226 valence electrons. The SMILES string of the molecule is CC(=O)OCC1(C)C(OC(C)=O)CCC2(C)C1CCC1(C)C2CC=C2C3CC(C)(C)CCC3(C(=O)[O][Al])CCC21C. The van der Waals surface area contributed by atoms with Gasteiger partial charge in [-0.15, -0.1) is 0 Å². The van der Waals surface area contributed by atoms with E-state index in [1.54, 1.807) is 0 Å². The van der Waals surface area contributed by atoms with Crippen LogP contribution in [0.1, 0.15) is 120 Å². The topological polar surface area (TPSA) is 78.9 Å². The van der Waals surface area contributed by atoms with Gasteiger partial charge in [0.1, 0.15) is 12.7 Å². The van der Waals surface area contributed by atoms with Crippen molar-refractivity contribution in [3.63, 3.8) is 0 Å². The third-order valence-electron chi connectivity index (χ3n) is 13.8. The van der Waals surface area contributed by atoms with Crippen LogP contribution in [-0.4, -0.2) is 47.2 Å². The van der Waals surface area contributed by atoms with Gasteiger partial charge in [-0.25, -0.2) is 0 Å². The van der Waals surface area contributed by atoms with Crippen molar-refractivity contribution in [3.05, 3.63) is 11.6 Å². The number of hydrogen-bond donors (Lipinski definition) is 0. The van der Waals surface area contributed by atoms with E-state index in [0.717, 1.165) is 64.2 Å². The van der Waals surface area contributed by atoms with Crippen LogP contribution in [-0.2, 0) is 27.6 Å². The summed E-state index contributed by atoms with van der Waals surface area (Å²) in [7, 11) is 0. The quantitative estimate of drug-likeness (QED) is 0.204. The van der Waals surface area contributed by atoms with Gasteiger partial charge in [-0.05, 0) is 104 Å². The lowest BCUT2D eigenvalue weighted by Gasteiger charge is -2.71. The fourth-order valence-electron chi connectivity index (χ4n) is 11.4. The van der Waals surface area contributed by atoms with Crippen LogP contribution < -0.4 is 0 Å². The molecule has 6 nitrogen and oxygen atoms in total. The Morgan fingerprint density at radius 1 is 0.878 bits per heavy atom. The van der Waals surface area contributed by atoms with E-state index < -0.39 is 10.8 Å². The highest BCUT2D eigenvalue weighted by molar-refractivity contribution is 6.06. The lowest BCUT2D eigenvalue weighted by molar-refractivity contribution is -0.226. The van der Waals surface area contributed by atoms with Gasteiger partial charge in [0.2, 0.25) is 0 Å². The largest absolute Gasteiger partial charge is 0.628 e. The van der Waals surface area contributed by atoms with E-state index in [1.807, 2.05) is 0 Å². The van der Waals surface area contributed by atoms with Crippen LogP contribution in [0.15, 0.2) is 11.6 Å². The molecule has 0 bridgehead atoms. The number of esters is 2. The van der Waals surface area contributed by atoms with Crippen LogP contribution in [0.3, 0.4) is 0 Å². The van der Waals surface area contributed by atoms with Gasteiger partial charge in [0.05, 0.1) is 5.41 Å². The van der Waals surface area contributed by atoms with E-state index in [-0.39, 0.29) is 64.1 Å². The van der Waals surface area contributed by atoms with Crippen molar-refractivity contribution in [2.45, 2.75) is 126 Å². The molecule has 0 aliphatic heterocycles. The van der Waals surface area contributed by atoms with Crippen LogP contribution in [0.25, 0.3) is 0 Å². The summed E-state index contributed by atoms with van der Waals surface area (Å²) >= 11 is 2.23. The van der Waals surface area contributed by atoms with Crippen LogP contribution in [0.2, 0.25) is 0 Å². The van der Waals surface area contributed by atoms with E-state index in [2.05, 4.69) is 64.2 Å². The number of carbonyl (C=O) groups is 3. The van der Waals surface area contributed by atoms with Crippen molar-refractivity contribution in [1.82, 2.24) is 0 Å². The maximum absolute atomic E-state index is 13.5. The fraction of sp³-hybridized carbons (Fsp3) is 0.853. The average Bonchev–Trinajstić information content (AvgIpc) is 2.89. The molecule has 41 heavy (non-hydrogen) atoms. The van der Waals surface area contributed by atoms with Gasteiger partial charge >= 0.3 is 28.6 Å². The molecule has 9 atom stereocenters. The molecule has 2 radical (unpaired) electrons. The lowest BCUT2D eigenvalue weighted by Crippen LogP contribution is -2.66. The smallest absolute Gasteiger partial charge is 0.484 e. The summed E-state index contributed by atoms with van der Waals surface area (Å²) in [5, 5.41) is 0. The Morgan fingerprint density at radius 2 is 1.56 bits per heavy atom. The Labute approximate surface area is 255 Å². The van der Waals surface area contributed by atoms with Gasteiger partial charge < -0.3 is 13.3 Å². The van der Waals surface area contributed by atoms with Crippen LogP contribution in [0.5, 0.6) is 0 Å². The summed E-state index contributed by atoms with van der Waals surface area (Å²) in [5.41, 5.74) is 0.963. The van der Waals surface area contributed by atoms with Crippen molar-refractivity contribution in [1.29, 1.82) is 0 Å². The molecule has 0 aromatic carbocycles. The van der Waals surface area contributed by atoms with E-state index in [0.29, 0.717) is 5.92 Å². The minimum atomic E-state index is -0.436. The molecule has 0 N–H and O–H groups in total. The Kier molecular flexibility index (Phi) is 7.68. The van der Waals surface area contributed by atoms with E-state index >= 15 is 0 Å². The molecule has 0 saturated heterocycles. The van der Waals surface area contributed by atoms with Crippen molar-refractivity contribution in [2.75, 3.05) is 6.61 Å². The number of rotatable bonds is 4. The predicted octanol–water partition coefficient (Wildman–Crippen LogP) is 6.89. The van der Waals surface area contributed by atoms with E-state index in [4.69, 9.17) is 13.3 Å². The van der Waals surface area contributed by atoms with Crippen LogP contribution >= 0.6 is 0 Å². The van der Waals surface area contributed by atoms with Crippen LogP contribution in [0, 0.1) is 50.2 Å². The third-order valence-corrected chi connectivity index (χ3v) is 14.0. The summed E-state index contributed by atoms with van der Waals surface area (Å²) < 4.78 is 17.1. The number of fused-ring (bicyclic) bond motifs is 7. The number of carbonyl (C=O) groups excluding carboxylic acids is 3. The Hall–Kier alpha value is -1.32. The molecule has 0 aromatic rings. The summed E-state index contributed by atoms with van der Waals surface area (Å²) in [6.07, 6.45) is 12.0. The van der Waals surface area contributed by atoms with Crippen molar-refractivity contribution in [3.8, 4) is 0 Å². The van der Waals surface area contributed by atoms with Gasteiger partial charge in [-0.1, -0.05) is 53.2 Å². The van der Waals surface area contributed by atoms with E-state index in [1.165, 1.54) is 19.4 Å². The summed E-state index contributed by atoms with van der Waals surface area (Å²) in [5.74, 6) is 0.344. The molecule has 0 amide bonds. The van der Waals surface area contributed by atoms with Crippen molar-refractivity contribution < 1.29 is 27.6 Å². The Morgan fingerprint density at radius 3 is 2.20 bits per heavy atom. The summed E-state index contributed by atoms with van der Waals surface area (Å²) in [6.45, 7) is 17.7. The predicted molar refractivity (Wildman–Crippen MR) is 157 cm³/mol. The van der Waals surface area contributed by atoms with Gasteiger partial charge in [0, 0.05) is 19.3 Å². The van der Waals surface area contributed by atoms with Crippen molar-refractivity contribution >= 4 is 34.5 Å². The standard InChI is InChI=1S/C34H52O6.Al/c1-21(35)39-20-31(6)25-11-14-33(8)26(30(25,5)13-12-27(31)40-22(2)36)10-9-23-24-19-29(3,4)15-17-34(24,28(37)38)18-16-32(23,33)7;/h9,24-27H,10-20H2,1-8H3,(H,37,38);/q;+1/p-1. The lowest BCUT2D eigenvalue weighted by atomic mass is 9.33. The number of hydrogen-bond acceptors (Lipinski definition) is 6. The Balaban J connectivity index is 1.56. The first kappa shape index (κ1) is 31.1. The second-order valence-corrected chi connectivity index (χ2v) is 16.4. The maximum Gasteiger partial charge on any atom is 0.484 e. The minimum Gasteiger partial charge on any atom is -0.628 e. The summed E-state index contributed by atoms with van der Waals surface area (Å²) in [4.78, 5) is 37.6. The highest BCUT2D eigenvalue weighted by atomic mass is 27.1. The van der Waals surface area contributed by atoms with Gasteiger partial charge in [-0.2, -0.15) is 0 Å². The number of ether oxygens (including phenoxy) is 2. The van der Waals surface area contributed by atoms with Gasteiger partial charge in [-0.3, -0.25) is 14.4 Å². The second-order valence-electron chi connectivity index (χ2n) is 16.2. The monoisotopic (exact) mass is 582 g/mol. The van der Waals surface area contributed by atoms with E-state index in [9.17, 15) is 14.4 Å². The molecule has 5 aliphatic rings. The molecular formula is C34H51AlO6.